The molecule has 0 aliphatic heterocycles. The lowest BCUT2D eigenvalue weighted by atomic mass is 9.94. The molecule has 0 amide bonds. The molecule has 2 N–H and O–H groups in total. The van der Waals surface area contributed by atoms with Gasteiger partial charge in [-0.2, -0.15) is 4.31 Å². The standard InChI is InChI=1S/C11H14F2N2O2S/c1-15(8-3-2-4-8)18(16,17)11-9(12)5-7(14)6-10(11)13/h5-6,8H,2-4,14H2,1H3. The monoisotopic (exact) mass is 276 g/mol. The van der Waals surface area contributed by atoms with Gasteiger partial charge >= 0.3 is 0 Å². The first-order valence-corrected chi connectivity index (χ1v) is 7.00. The Balaban J connectivity index is 2.47. The Morgan fingerprint density at radius 3 is 2.17 bits per heavy atom. The van der Waals surface area contributed by atoms with E-state index in [9.17, 15) is 17.2 Å². The summed E-state index contributed by atoms with van der Waals surface area (Å²) in [6.45, 7) is 0. The van der Waals surface area contributed by atoms with Gasteiger partial charge in [-0.1, -0.05) is 6.42 Å². The number of halogens is 2. The number of benzene rings is 1. The van der Waals surface area contributed by atoms with Gasteiger partial charge in [0, 0.05) is 18.8 Å². The van der Waals surface area contributed by atoms with E-state index in [1.54, 1.807) is 0 Å². The van der Waals surface area contributed by atoms with E-state index < -0.39 is 26.6 Å². The zero-order valence-corrected chi connectivity index (χ0v) is 10.7. The molecule has 4 nitrogen and oxygen atoms in total. The highest BCUT2D eigenvalue weighted by atomic mass is 32.2. The minimum atomic E-state index is -4.15. The number of hydrogen-bond donors (Lipinski definition) is 1. The number of anilines is 1. The van der Waals surface area contributed by atoms with Crippen LogP contribution >= 0.6 is 0 Å². The molecule has 0 spiro atoms. The van der Waals surface area contributed by atoms with E-state index in [2.05, 4.69) is 0 Å². The summed E-state index contributed by atoms with van der Waals surface area (Å²) in [4.78, 5) is -0.925. The Labute approximate surface area is 104 Å². The van der Waals surface area contributed by atoms with E-state index in [1.807, 2.05) is 0 Å². The van der Waals surface area contributed by atoms with Crippen molar-refractivity contribution in [3.63, 3.8) is 0 Å². The summed E-state index contributed by atoms with van der Waals surface area (Å²) < 4.78 is 52.5. The summed E-state index contributed by atoms with van der Waals surface area (Å²) in [7, 11) is -2.81. The molecule has 0 saturated heterocycles. The lowest BCUT2D eigenvalue weighted by Gasteiger charge is -2.33. The second-order valence-corrected chi connectivity index (χ2v) is 6.35. The van der Waals surface area contributed by atoms with Crippen LogP contribution in [0.3, 0.4) is 0 Å². The van der Waals surface area contributed by atoms with Crippen molar-refractivity contribution in [3.8, 4) is 0 Å². The third-order valence-corrected chi connectivity index (χ3v) is 5.21. The molecule has 1 fully saturated rings. The third kappa shape index (κ3) is 2.08. The highest BCUT2D eigenvalue weighted by molar-refractivity contribution is 7.89. The van der Waals surface area contributed by atoms with Crippen molar-refractivity contribution in [2.75, 3.05) is 12.8 Å². The first-order valence-electron chi connectivity index (χ1n) is 5.56. The molecule has 0 aromatic heterocycles. The van der Waals surface area contributed by atoms with Crippen molar-refractivity contribution in [2.24, 2.45) is 0 Å². The number of sulfonamides is 1. The minimum absolute atomic E-state index is 0.143. The predicted octanol–water partition coefficient (Wildman–Crippen LogP) is 1.72. The Morgan fingerprint density at radius 2 is 1.78 bits per heavy atom. The smallest absolute Gasteiger partial charge is 0.248 e. The van der Waals surface area contributed by atoms with Gasteiger partial charge < -0.3 is 5.73 Å². The fraction of sp³-hybridized carbons (Fsp3) is 0.455. The van der Waals surface area contributed by atoms with Crippen LogP contribution in [-0.4, -0.2) is 25.8 Å². The van der Waals surface area contributed by atoms with Crippen LogP contribution in [0, 0.1) is 11.6 Å². The SMILES string of the molecule is CN(C1CCC1)S(=O)(=O)c1c(F)cc(N)cc1F. The van der Waals surface area contributed by atoms with E-state index in [1.165, 1.54) is 7.05 Å². The minimum Gasteiger partial charge on any atom is -0.399 e. The Kier molecular flexibility index (Phi) is 3.29. The van der Waals surface area contributed by atoms with Crippen molar-refractivity contribution >= 4 is 15.7 Å². The molecule has 0 atom stereocenters. The molecule has 7 heteroatoms. The van der Waals surface area contributed by atoms with Crippen molar-refractivity contribution in [1.29, 1.82) is 0 Å². The normalized spacial score (nSPS) is 16.9. The van der Waals surface area contributed by atoms with Gasteiger partial charge in [0.15, 0.2) is 4.90 Å². The van der Waals surface area contributed by atoms with Crippen LogP contribution in [0.25, 0.3) is 0 Å². The van der Waals surface area contributed by atoms with Gasteiger partial charge in [-0.3, -0.25) is 0 Å². The lowest BCUT2D eigenvalue weighted by molar-refractivity contribution is 0.248. The van der Waals surface area contributed by atoms with Crippen LogP contribution < -0.4 is 5.73 Å². The fourth-order valence-electron chi connectivity index (χ4n) is 1.92. The van der Waals surface area contributed by atoms with Gasteiger partial charge in [0.05, 0.1) is 0 Å². The van der Waals surface area contributed by atoms with Gasteiger partial charge in [-0.15, -0.1) is 0 Å². The van der Waals surface area contributed by atoms with Crippen molar-refractivity contribution in [1.82, 2.24) is 4.31 Å². The van der Waals surface area contributed by atoms with E-state index in [-0.39, 0.29) is 11.7 Å². The molecule has 1 aromatic rings. The Morgan fingerprint density at radius 1 is 1.28 bits per heavy atom. The van der Waals surface area contributed by atoms with Crippen LogP contribution in [0.2, 0.25) is 0 Å². The molecule has 2 rings (SSSR count). The fourth-order valence-corrected chi connectivity index (χ4v) is 3.42. The summed E-state index contributed by atoms with van der Waals surface area (Å²) in [5.74, 6) is -2.31. The Bertz CT molecular complexity index is 547. The van der Waals surface area contributed by atoms with Gasteiger partial charge in [0.2, 0.25) is 10.0 Å². The number of rotatable bonds is 3. The zero-order chi connectivity index (χ0) is 13.5. The predicted molar refractivity (Wildman–Crippen MR) is 63.4 cm³/mol. The molecule has 0 radical (unpaired) electrons. The summed E-state index contributed by atoms with van der Waals surface area (Å²) in [6, 6.07) is 1.45. The van der Waals surface area contributed by atoms with E-state index in [0.717, 1.165) is 22.9 Å². The summed E-state index contributed by atoms with van der Waals surface area (Å²) in [5.41, 5.74) is 5.11. The number of nitrogens with zero attached hydrogens (tertiary/aromatic N) is 1. The largest absolute Gasteiger partial charge is 0.399 e. The molecule has 1 aliphatic carbocycles. The maximum absolute atomic E-state index is 13.6. The van der Waals surface area contributed by atoms with Crippen molar-refractivity contribution < 1.29 is 17.2 Å². The van der Waals surface area contributed by atoms with Crippen LogP contribution in [0.15, 0.2) is 17.0 Å². The average Bonchev–Trinajstić information content (AvgIpc) is 2.11. The molecule has 1 aliphatic rings. The van der Waals surface area contributed by atoms with Crippen LogP contribution in [-0.2, 0) is 10.0 Å². The maximum atomic E-state index is 13.6. The Hall–Kier alpha value is -1.21. The molecule has 1 saturated carbocycles. The number of hydrogen-bond acceptors (Lipinski definition) is 3. The van der Waals surface area contributed by atoms with Gasteiger partial charge in [-0.05, 0) is 25.0 Å². The van der Waals surface area contributed by atoms with Crippen molar-refractivity contribution in [2.45, 2.75) is 30.2 Å². The van der Waals surface area contributed by atoms with Gasteiger partial charge in [0.1, 0.15) is 11.6 Å². The van der Waals surface area contributed by atoms with E-state index in [4.69, 9.17) is 5.73 Å². The second kappa shape index (κ2) is 4.47. The van der Waals surface area contributed by atoms with Gasteiger partial charge in [0.25, 0.3) is 0 Å². The molecule has 18 heavy (non-hydrogen) atoms. The van der Waals surface area contributed by atoms with Crippen LogP contribution in [0.1, 0.15) is 19.3 Å². The molecule has 100 valence electrons. The molecule has 0 bridgehead atoms. The molecular weight excluding hydrogens is 262 g/mol. The topological polar surface area (TPSA) is 63.4 Å². The van der Waals surface area contributed by atoms with E-state index in [0.29, 0.717) is 12.8 Å². The molecule has 0 heterocycles. The van der Waals surface area contributed by atoms with Crippen LogP contribution in [0.5, 0.6) is 0 Å². The first kappa shape index (κ1) is 13.2. The number of nitrogen functional groups attached to an aromatic ring is 1. The maximum Gasteiger partial charge on any atom is 0.248 e. The molecule has 1 aromatic carbocycles. The second-order valence-electron chi connectivity index (χ2n) is 4.42. The van der Waals surface area contributed by atoms with Gasteiger partial charge in [-0.25, -0.2) is 17.2 Å². The quantitative estimate of drug-likeness (QED) is 0.855. The summed E-state index contributed by atoms with van der Waals surface area (Å²) >= 11 is 0. The summed E-state index contributed by atoms with van der Waals surface area (Å²) in [6.07, 6.45) is 2.36. The lowest BCUT2D eigenvalue weighted by Crippen LogP contribution is -2.41. The number of nitrogens with two attached hydrogens (primary N) is 1. The average molecular weight is 276 g/mol. The molecule has 0 unspecified atom stereocenters. The molecular formula is C11H14F2N2O2S. The third-order valence-electron chi connectivity index (χ3n) is 3.25. The highest BCUT2D eigenvalue weighted by Gasteiger charge is 2.35. The van der Waals surface area contributed by atoms with E-state index >= 15 is 0 Å². The zero-order valence-electron chi connectivity index (χ0n) is 9.86. The first-order chi connectivity index (χ1) is 8.34. The highest BCUT2D eigenvalue weighted by Crippen LogP contribution is 2.31. The van der Waals surface area contributed by atoms with Crippen LogP contribution in [0.4, 0.5) is 14.5 Å². The van der Waals surface area contributed by atoms with Crippen molar-refractivity contribution in [3.05, 3.63) is 23.8 Å². The summed E-state index contributed by atoms with van der Waals surface area (Å²) in [5, 5.41) is 0.